The van der Waals surface area contributed by atoms with E-state index < -0.39 is 12.1 Å². The van der Waals surface area contributed by atoms with Crippen LogP contribution in [0.5, 0.6) is 5.75 Å². The molecular formula is C16H24O3. The predicted octanol–water partition coefficient (Wildman–Crippen LogP) is 3.78. The van der Waals surface area contributed by atoms with Gasteiger partial charge in [-0.15, -0.1) is 0 Å². The molecule has 19 heavy (non-hydrogen) atoms. The van der Waals surface area contributed by atoms with Crippen LogP contribution >= 0.6 is 0 Å². The summed E-state index contributed by atoms with van der Waals surface area (Å²) in [7, 11) is 0. The minimum atomic E-state index is -0.922. The van der Waals surface area contributed by atoms with E-state index in [0.29, 0.717) is 5.75 Å². The molecule has 0 aliphatic rings. The van der Waals surface area contributed by atoms with Gasteiger partial charge in [-0.1, -0.05) is 46.8 Å². The maximum atomic E-state index is 11.2. The number of hydrogen-bond donors (Lipinski definition) is 1. The fourth-order valence-electron chi connectivity index (χ4n) is 1.86. The fourth-order valence-corrected chi connectivity index (χ4v) is 1.86. The summed E-state index contributed by atoms with van der Waals surface area (Å²) in [6.45, 7) is 12.1. The van der Waals surface area contributed by atoms with Gasteiger partial charge in [-0.25, -0.2) is 4.79 Å². The van der Waals surface area contributed by atoms with E-state index in [0.717, 1.165) is 5.56 Å². The second-order valence-electron chi connectivity index (χ2n) is 6.35. The topological polar surface area (TPSA) is 46.5 Å². The number of benzene rings is 1. The Morgan fingerprint density at radius 1 is 1.26 bits per heavy atom. The van der Waals surface area contributed by atoms with E-state index in [-0.39, 0.29) is 11.3 Å². The number of rotatable bonds is 4. The first kappa shape index (κ1) is 15.5. The van der Waals surface area contributed by atoms with E-state index >= 15 is 0 Å². The highest BCUT2D eigenvalue weighted by molar-refractivity contribution is 5.73. The molecule has 0 saturated heterocycles. The van der Waals surface area contributed by atoms with Gasteiger partial charge < -0.3 is 9.84 Å². The van der Waals surface area contributed by atoms with Crippen LogP contribution < -0.4 is 4.74 Å². The first-order chi connectivity index (χ1) is 8.62. The summed E-state index contributed by atoms with van der Waals surface area (Å²) in [5.74, 6) is -0.345. The molecule has 0 saturated carbocycles. The van der Waals surface area contributed by atoms with Crippen molar-refractivity contribution < 1.29 is 14.6 Å². The maximum Gasteiger partial charge on any atom is 0.345 e. The van der Waals surface area contributed by atoms with Gasteiger partial charge in [0, 0.05) is 5.92 Å². The molecule has 0 fully saturated rings. The molecule has 0 aliphatic carbocycles. The first-order valence-corrected chi connectivity index (χ1v) is 6.63. The van der Waals surface area contributed by atoms with E-state index in [9.17, 15) is 4.79 Å². The predicted molar refractivity (Wildman–Crippen MR) is 76.8 cm³/mol. The highest BCUT2D eigenvalue weighted by Crippen LogP contribution is 2.28. The van der Waals surface area contributed by atoms with E-state index in [1.54, 1.807) is 0 Å². The number of carboxylic acids is 1. The molecule has 0 amide bonds. The van der Waals surface area contributed by atoms with Crippen LogP contribution in [-0.4, -0.2) is 17.2 Å². The minimum absolute atomic E-state index is 0.0702. The third-order valence-corrected chi connectivity index (χ3v) is 3.14. The van der Waals surface area contributed by atoms with Gasteiger partial charge in [0.2, 0.25) is 0 Å². The molecule has 1 rings (SSSR count). The number of hydrogen-bond acceptors (Lipinski definition) is 2. The summed E-state index contributed by atoms with van der Waals surface area (Å²) in [5, 5.41) is 9.15. The van der Waals surface area contributed by atoms with Gasteiger partial charge in [-0.2, -0.15) is 0 Å². The zero-order chi connectivity index (χ0) is 14.8. The maximum absolute atomic E-state index is 11.2. The van der Waals surface area contributed by atoms with E-state index in [2.05, 4.69) is 26.8 Å². The van der Waals surface area contributed by atoms with Crippen LogP contribution in [0, 0.1) is 12.8 Å². The van der Waals surface area contributed by atoms with Gasteiger partial charge in [0.1, 0.15) is 5.75 Å². The van der Waals surface area contributed by atoms with Crippen LogP contribution in [0.15, 0.2) is 18.2 Å². The Bertz CT molecular complexity index is 456. The summed E-state index contributed by atoms with van der Waals surface area (Å²) in [4.78, 5) is 11.2. The van der Waals surface area contributed by atoms with Gasteiger partial charge >= 0.3 is 5.97 Å². The van der Waals surface area contributed by atoms with Crippen molar-refractivity contribution >= 4 is 5.97 Å². The van der Waals surface area contributed by atoms with E-state index in [1.165, 1.54) is 5.56 Å². The highest BCUT2D eigenvalue weighted by Gasteiger charge is 2.24. The second-order valence-corrected chi connectivity index (χ2v) is 6.35. The molecule has 1 unspecified atom stereocenters. The average Bonchev–Trinajstić information content (AvgIpc) is 2.24. The first-order valence-electron chi connectivity index (χ1n) is 6.63. The van der Waals surface area contributed by atoms with Gasteiger partial charge in [0.15, 0.2) is 6.10 Å². The molecule has 3 heteroatoms. The van der Waals surface area contributed by atoms with Gasteiger partial charge in [0.25, 0.3) is 0 Å². The molecule has 3 nitrogen and oxygen atoms in total. The fraction of sp³-hybridized carbons (Fsp3) is 0.562. The molecule has 0 aromatic heterocycles. The highest BCUT2D eigenvalue weighted by atomic mass is 16.5. The van der Waals surface area contributed by atoms with Crippen molar-refractivity contribution in [3.8, 4) is 5.75 Å². The number of aliphatic carboxylic acids is 1. The molecule has 0 heterocycles. The zero-order valence-corrected chi connectivity index (χ0v) is 12.7. The Labute approximate surface area is 115 Å². The lowest BCUT2D eigenvalue weighted by Gasteiger charge is -2.23. The molecule has 0 aliphatic heterocycles. The van der Waals surface area contributed by atoms with Crippen LogP contribution in [0.25, 0.3) is 0 Å². The number of carboxylic acid groups (broad SMARTS) is 1. The molecule has 0 radical (unpaired) electrons. The summed E-state index contributed by atoms with van der Waals surface area (Å²) < 4.78 is 5.64. The lowest BCUT2D eigenvalue weighted by atomic mass is 9.86. The molecule has 1 aromatic rings. The minimum Gasteiger partial charge on any atom is -0.478 e. The largest absolute Gasteiger partial charge is 0.478 e. The summed E-state index contributed by atoms with van der Waals surface area (Å²) in [6.07, 6.45) is -0.806. The van der Waals surface area contributed by atoms with Crippen LogP contribution in [-0.2, 0) is 10.2 Å². The Kier molecular flexibility index (Phi) is 4.61. The van der Waals surface area contributed by atoms with Crippen molar-refractivity contribution in [3.05, 3.63) is 29.3 Å². The Hall–Kier alpha value is -1.51. The summed E-state index contributed by atoms with van der Waals surface area (Å²) in [5.41, 5.74) is 2.26. The van der Waals surface area contributed by atoms with E-state index in [1.807, 2.05) is 32.9 Å². The van der Waals surface area contributed by atoms with Crippen LogP contribution in [0.1, 0.15) is 45.7 Å². The number of aryl methyl sites for hydroxylation is 1. The van der Waals surface area contributed by atoms with Gasteiger partial charge in [0.05, 0.1) is 0 Å². The monoisotopic (exact) mass is 264 g/mol. The van der Waals surface area contributed by atoms with Crippen LogP contribution in [0.2, 0.25) is 0 Å². The van der Waals surface area contributed by atoms with Crippen molar-refractivity contribution in [2.75, 3.05) is 0 Å². The van der Waals surface area contributed by atoms with Crippen LogP contribution in [0.3, 0.4) is 0 Å². The smallest absolute Gasteiger partial charge is 0.345 e. The van der Waals surface area contributed by atoms with Crippen molar-refractivity contribution in [3.63, 3.8) is 0 Å². The van der Waals surface area contributed by atoms with Crippen molar-refractivity contribution in [2.45, 2.75) is 53.1 Å². The Balaban J connectivity index is 3.00. The van der Waals surface area contributed by atoms with E-state index in [4.69, 9.17) is 9.84 Å². The second kappa shape index (κ2) is 5.64. The molecule has 1 aromatic carbocycles. The molecule has 1 atom stereocenters. The quantitative estimate of drug-likeness (QED) is 0.900. The molecular weight excluding hydrogens is 240 g/mol. The number of ether oxygens (including phenoxy) is 1. The van der Waals surface area contributed by atoms with Crippen molar-refractivity contribution in [1.82, 2.24) is 0 Å². The summed E-state index contributed by atoms with van der Waals surface area (Å²) in [6, 6.07) is 5.93. The lowest BCUT2D eigenvalue weighted by Crippen LogP contribution is -2.32. The van der Waals surface area contributed by atoms with Crippen LogP contribution in [0.4, 0.5) is 0 Å². The van der Waals surface area contributed by atoms with Gasteiger partial charge in [-0.05, 0) is 29.5 Å². The molecule has 0 spiro atoms. The third-order valence-electron chi connectivity index (χ3n) is 3.14. The molecule has 0 bridgehead atoms. The standard InChI is InChI=1S/C16H24O3/c1-10(2)14(15(17)18)19-13-8-7-12(9-11(13)3)16(4,5)6/h7-10,14H,1-6H3,(H,17,18). The Morgan fingerprint density at radius 3 is 2.21 bits per heavy atom. The SMILES string of the molecule is Cc1cc(C(C)(C)C)ccc1OC(C(=O)O)C(C)C. The zero-order valence-electron chi connectivity index (χ0n) is 12.7. The number of carbonyl (C=O) groups is 1. The Morgan fingerprint density at radius 2 is 1.84 bits per heavy atom. The van der Waals surface area contributed by atoms with Gasteiger partial charge in [-0.3, -0.25) is 0 Å². The van der Waals surface area contributed by atoms with Crippen molar-refractivity contribution in [1.29, 1.82) is 0 Å². The molecule has 1 N–H and O–H groups in total. The summed E-state index contributed by atoms with van der Waals surface area (Å²) >= 11 is 0. The third kappa shape index (κ3) is 3.98. The van der Waals surface area contributed by atoms with Crippen molar-refractivity contribution in [2.24, 2.45) is 5.92 Å². The molecule has 106 valence electrons. The normalized spacial score (nSPS) is 13.4. The average molecular weight is 264 g/mol. The lowest BCUT2D eigenvalue weighted by molar-refractivity contribution is -0.147.